The lowest BCUT2D eigenvalue weighted by molar-refractivity contribution is -0.296. The van der Waals surface area contributed by atoms with Crippen LogP contribution in [0.25, 0.3) is 0 Å². The van der Waals surface area contributed by atoms with Crippen LogP contribution in [0.3, 0.4) is 0 Å². The average Bonchev–Trinajstić information content (AvgIpc) is 3.17. The van der Waals surface area contributed by atoms with Crippen molar-refractivity contribution in [2.45, 2.75) is 111 Å². The monoisotopic (exact) mass is 446 g/mol. The van der Waals surface area contributed by atoms with Gasteiger partial charge in [-0.05, 0) is 73.0 Å². The van der Waals surface area contributed by atoms with Crippen molar-refractivity contribution in [2.75, 3.05) is 0 Å². The maximum Gasteiger partial charge on any atom is 0.382 e. The smallest absolute Gasteiger partial charge is 0.382 e. The molecule has 3 aliphatic heterocycles. The molecule has 0 amide bonds. The third kappa shape index (κ3) is 3.12. The van der Waals surface area contributed by atoms with Crippen molar-refractivity contribution in [3.05, 3.63) is 0 Å². The first kappa shape index (κ1) is 22.7. The predicted octanol–water partition coefficient (Wildman–Crippen LogP) is 5.85. The van der Waals surface area contributed by atoms with Crippen LogP contribution >= 0.6 is 0 Å². The molecule has 1 spiro atoms. The second-order valence-corrected chi connectivity index (χ2v) is 12.6. The molecule has 0 aromatic rings. The lowest BCUT2D eigenvalue weighted by Crippen LogP contribution is -2.60. The zero-order valence-corrected chi connectivity index (χ0v) is 20.7. The fraction of sp³-hybridized carbons (Fsp3) is 0.926. The zero-order chi connectivity index (χ0) is 22.9. The van der Waals surface area contributed by atoms with E-state index in [1.165, 1.54) is 38.5 Å². The fourth-order valence-corrected chi connectivity index (χ4v) is 8.92. The van der Waals surface area contributed by atoms with E-state index in [0.29, 0.717) is 18.8 Å². The van der Waals surface area contributed by atoms with Gasteiger partial charge in [-0.25, -0.2) is 4.79 Å². The normalized spacial score (nSPS) is 48.4. The van der Waals surface area contributed by atoms with Gasteiger partial charge in [0.05, 0.1) is 0 Å². The maximum absolute atomic E-state index is 13.1. The molecule has 2 aliphatic carbocycles. The molecule has 5 heteroatoms. The van der Waals surface area contributed by atoms with Crippen LogP contribution in [0.5, 0.6) is 0 Å². The van der Waals surface area contributed by atoms with E-state index >= 15 is 0 Å². The molecule has 180 valence electrons. The minimum absolute atomic E-state index is 0.258. The Morgan fingerprint density at radius 2 is 1.75 bits per heavy atom. The number of hydrogen-bond donors (Lipinski definition) is 0. The Labute approximate surface area is 193 Å². The van der Waals surface area contributed by atoms with E-state index in [1.807, 2.05) is 0 Å². The van der Waals surface area contributed by atoms with Crippen LogP contribution in [-0.4, -0.2) is 24.0 Å². The van der Waals surface area contributed by atoms with Crippen molar-refractivity contribution < 1.29 is 23.8 Å². The summed E-state index contributed by atoms with van der Waals surface area (Å²) in [4.78, 5) is 26.0. The summed E-state index contributed by atoms with van der Waals surface area (Å²) in [6, 6.07) is 0. The molecule has 5 nitrogen and oxygen atoms in total. The summed E-state index contributed by atoms with van der Waals surface area (Å²) >= 11 is 0. The first-order valence-electron chi connectivity index (χ1n) is 13.2. The van der Waals surface area contributed by atoms with Crippen molar-refractivity contribution in [1.82, 2.24) is 0 Å². The summed E-state index contributed by atoms with van der Waals surface area (Å²) in [6.45, 7) is 11.7. The first-order chi connectivity index (χ1) is 15.1. The molecule has 2 saturated carbocycles. The molecule has 2 unspecified atom stereocenters. The van der Waals surface area contributed by atoms with E-state index in [-0.39, 0.29) is 23.2 Å². The van der Waals surface area contributed by atoms with Gasteiger partial charge in [0.25, 0.3) is 0 Å². The number of esters is 2. The molecule has 0 N–H and O–H groups in total. The molecule has 0 radical (unpaired) electrons. The van der Waals surface area contributed by atoms with Crippen molar-refractivity contribution in [2.24, 2.45) is 46.3 Å². The average molecular weight is 447 g/mol. The van der Waals surface area contributed by atoms with Gasteiger partial charge in [0.15, 0.2) is 0 Å². The van der Waals surface area contributed by atoms with Gasteiger partial charge in [-0.1, -0.05) is 53.9 Å². The number of fused-ring (bicyclic) bond motifs is 5. The number of carbonyl (C=O) groups is 2. The van der Waals surface area contributed by atoms with E-state index in [1.54, 1.807) is 0 Å². The predicted molar refractivity (Wildman–Crippen MR) is 120 cm³/mol. The summed E-state index contributed by atoms with van der Waals surface area (Å²) in [7, 11) is 0. The Morgan fingerprint density at radius 1 is 0.969 bits per heavy atom. The van der Waals surface area contributed by atoms with E-state index in [9.17, 15) is 9.59 Å². The van der Waals surface area contributed by atoms with Crippen molar-refractivity contribution in [3.63, 3.8) is 0 Å². The van der Waals surface area contributed by atoms with Crippen LogP contribution in [0, 0.1) is 46.3 Å². The highest BCUT2D eigenvalue weighted by atomic mass is 16.8. The van der Waals surface area contributed by atoms with Gasteiger partial charge in [0.2, 0.25) is 6.29 Å². The summed E-state index contributed by atoms with van der Waals surface area (Å²) in [5, 5.41) is 0. The van der Waals surface area contributed by atoms with Crippen LogP contribution < -0.4 is 0 Å². The zero-order valence-electron chi connectivity index (χ0n) is 20.7. The third-order valence-corrected chi connectivity index (χ3v) is 10.6. The SMILES string of the molecule is CC(C)CCC[C@@H](C)[C@H]1CC[C@H]2[C@@H]3CC(=O)OC45OC(CC[C@]4(C)[C@H]3CC[C@]12C)OC5=O. The molecular formula is C27H42O5. The lowest BCUT2D eigenvalue weighted by Gasteiger charge is -2.55. The number of rotatable bonds is 5. The second kappa shape index (κ2) is 7.71. The summed E-state index contributed by atoms with van der Waals surface area (Å²) < 4.78 is 17.4. The van der Waals surface area contributed by atoms with Crippen LogP contribution in [0.15, 0.2) is 0 Å². The van der Waals surface area contributed by atoms with E-state index in [4.69, 9.17) is 14.2 Å². The van der Waals surface area contributed by atoms with Gasteiger partial charge in [0.1, 0.15) is 0 Å². The number of ether oxygens (including phenoxy) is 3. The third-order valence-electron chi connectivity index (χ3n) is 10.6. The van der Waals surface area contributed by atoms with Gasteiger partial charge in [-0.15, -0.1) is 0 Å². The molecule has 0 aromatic heterocycles. The molecular weight excluding hydrogens is 404 g/mol. The van der Waals surface area contributed by atoms with Crippen LogP contribution in [-0.2, 0) is 23.8 Å². The van der Waals surface area contributed by atoms with Crippen molar-refractivity contribution in [1.29, 1.82) is 0 Å². The highest BCUT2D eigenvalue weighted by Gasteiger charge is 2.73. The molecule has 2 bridgehead atoms. The Kier molecular flexibility index (Phi) is 5.47. The molecule has 5 fully saturated rings. The standard InChI is InChI=1S/C27H42O5/c1-16(2)7-6-8-17(3)19-9-10-20-18-15-22(28)31-27-24(29)30-23(32-27)12-14-26(27,5)21(18)11-13-25(19,20)4/h16-21,23H,6-15H2,1-5H3/t17-,18+,19-,20+,21+,23?,25-,26-,27?/m1/s1. The first-order valence-corrected chi connectivity index (χ1v) is 13.2. The minimum atomic E-state index is -1.53. The van der Waals surface area contributed by atoms with Gasteiger partial charge < -0.3 is 9.47 Å². The molecule has 5 rings (SSSR count). The van der Waals surface area contributed by atoms with Crippen LogP contribution in [0.2, 0.25) is 0 Å². The Balaban J connectivity index is 1.41. The van der Waals surface area contributed by atoms with E-state index < -0.39 is 23.5 Å². The molecule has 0 aromatic carbocycles. The van der Waals surface area contributed by atoms with E-state index in [0.717, 1.165) is 30.6 Å². The summed E-state index contributed by atoms with van der Waals surface area (Å²) in [5.74, 6) is 0.994. The highest BCUT2D eigenvalue weighted by molar-refractivity contribution is 5.85. The van der Waals surface area contributed by atoms with Gasteiger partial charge >= 0.3 is 17.7 Å². The highest BCUT2D eigenvalue weighted by Crippen LogP contribution is 2.68. The molecule has 32 heavy (non-hydrogen) atoms. The van der Waals surface area contributed by atoms with E-state index in [2.05, 4.69) is 34.6 Å². The molecule has 9 atom stereocenters. The summed E-state index contributed by atoms with van der Waals surface area (Å²) in [6.07, 6.45) is 9.99. The topological polar surface area (TPSA) is 61.8 Å². The fourth-order valence-electron chi connectivity index (χ4n) is 8.92. The Hall–Kier alpha value is -1.10. The molecule has 3 heterocycles. The summed E-state index contributed by atoms with van der Waals surface area (Å²) in [5.41, 5.74) is -0.225. The largest absolute Gasteiger partial charge is 0.431 e. The van der Waals surface area contributed by atoms with Gasteiger partial charge in [-0.2, -0.15) is 0 Å². The number of hydrogen-bond acceptors (Lipinski definition) is 5. The van der Waals surface area contributed by atoms with Crippen LogP contribution in [0.4, 0.5) is 0 Å². The number of carbonyl (C=O) groups excluding carboxylic acids is 2. The molecule has 5 aliphatic rings. The van der Waals surface area contributed by atoms with Crippen molar-refractivity contribution in [3.8, 4) is 0 Å². The van der Waals surface area contributed by atoms with Gasteiger partial charge in [-0.3, -0.25) is 9.53 Å². The van der Waals surface area contributed by atoms with Crippen molar-refractivity contribution >= 4 is 11.9 Å². The maximum atomic E-state index is 13.1. The van der Waals surface area contributed by atoms with Gasteiger partial charge in [0, 0.05) is 18.3 Å². The quantitative estimate of drug-likeness (QED) is 0.496. The Bertz CT molecular complexity index is 778. The Morgan fingerprint density at radius 3 is 2.50 bits per heavy atom. The molecule has 3 saturated heterocycles. The van der Waals surface area contributed by atoms with Crippen LogP contribution in [0.1, 0.15) is 98.8 Å². The minimum Gasteiger partial charge on any atom is -0.431 e. The second-order valence-electron chi connectivity index (χ2n) is 12.6. The lowest BCUT2D eigenvalue weighted by atomic mass is 9.49.